The Labute approximate surface area is 123 Å². The van der Waals surface area contributed by atoms with Crippen LogP contribution in [0.25, 0.3) is 0 Å². The molecule has 1 atom stereocenters. The third-order valence-corrected chi connectivity index (χ3v) is 3.66. The number of hydrogen-bond acceptors (Lipinski definition) is 4. The second kappa shape index (κ2) is 6.10. The van der Waals surface area contributed by atoms with Gasteiger partial charge in [0.1, 0.15) is 11.6 Å². The molecule has 0 fully saturated rings. The molecule has 0 bridgehead atoms. The minimum Gasteiger partial charge on any atom is -0.493 e. The molecule has 2 N–H and O–H groups in total. The Kier molecular flexibility index (Phi) is 4.01. The number of fused-ring (bicyclic) bond motifs is 1. The first kappa shape index (κ1) is 13.8. The Bertz CT molecular complexity index is 681. The highest BCUT2D eigenvalue weighted by Crippen LogP contribution is 2.36. The van der Waals surface area contributed by atoms with Crippen LogP contribution < -0.4 is 15.6 Å². The van der Waals surface area contributed by atoms with E-state index in [1.165, 1.54) is 0 Å². The zero-order chi connectivity index (χ0) is 14.7. The van der Waals surface area contributed by atoms with Crippen molar-refractivity contribution in [3.8, 4) is 5.75 Å². The highest BCUT2D eigenvalue weighted by molar-refractivity contribution is 5.40. The maximum atomic E-state index is 11.9. The Morgan fingerprint density at radius 3 is 3.14 bits per heavy atom. The molecule has 1 unspecified atom stereocenters. The molecule has 0 saturated carbocycles. The summed E-state index contributed by atoms with van der Waals surface area (Å²) in [6.45, 7) is 4.13. The van der Waals surface area contributed by atoms with E-state index in [0.717, 1.165) is 35.8 Å². The number of benzene rings is 1. The van der Waals surface area contributed by atoms with Crippen LogP contribution in [0, 0.1) is 0 Å². The summed E-state index contributed by atoms with van der Waals surface area (Å²) < 4.78 is 5.67. The molecular formula is C16H19N3O2. The van der Waals surface area contributed by atoms with Gasteiger partial charge in [-0.1, -0.05) is 25.1 Å². The molecule has 3 rings (SSSR count). The van der Waals surface area contributed by atoms with Crippen molar-refractivity contribution in [2.45, 2.75) is 25.8 Å². The fraction of sp³-hybridized carbons (Fsp3) is 0.375. The minimum atomic E-state index is -0.100. The average Bonchev–Trinajstić information content (AvgIpc) is 2.52. The number of aromatic amines is 1. The van der Waals surface area contributed by atoms with Crippen LogP contribution in [0.3, 0.4) is 0 Å². The SMILES string of the molecule is CCNCc1cc(=O)[nH]c(C2CCOc3ccccc32)n1. The predicted octanol–water partition coefficient (Wildman–Crippen LogP) is 1.79. The molecule has 5 nitrogen and oxygen atoms in total. The van der Waals surface area contributed by atoms with E-state index in [-0.39, 0.29) is 11.5 Å². The monoisotopic (exact) mass is 285 g/mol. The normalized spacial score (nSPS) is 17.1. The van der Waals surface area contributed by atoms with E-state index in [0.29, 0.717) is 13.2 Å². The van der Waals surface area contributed by atoms with Gasteiger partial charge in [0.05, 0.1) is 12.3 Å². The van der Waals surface area contributed by atoms with Crippen molar-refractivity contribution < 1.29 is 4.74 Å². The Hall–Kier alpha value is -2.14. The molecule has 110 valence electrons. The average molecular weight is 285 g/mol. The highest BCUT2D eigenvalue weighted by atomic mass is 16.5. The lowest BCUT2D eigenvalue weighted by atomic mass is 9.92. The van der Waals surface area contributed by atoms with Gasteiger partial charge in [0.25, 0.3) is 5.56 Å². The molecule has 0 saturated heterocycles. The quantitative estimate of drug-likeness (QED) is 0.899. The first-order valence-electron chi connectivity index (χ1n) is 7.30. The number of nitrogens with one attached hydrogen (secondary N) is 2. The summed E-state index contributed by atoms with van der Waals surface area (Å²) in [6.07, 6.45) is 0.824. The molecule has 0 aliphatic carbocycles. The van der Waals surface area contributed by atoms with Crippen LogP contribution in [0.2, 0.25) is 0 Å². The van der Waals surface area contributed by atoms with Gasteiger partial charge in [-0.15, -0.1) is 0 Å². The molecule has 1 aromatic carbocycles. The molecule has 0 amide bonds. The van der Waals surface area contributed by atoms with Crippen molar-refractivity contribution in [3.05, 3.63) is 57.8 Å². The summed E-state index contributed by atoms with van der Waals surface area (Å²) in [5.74, 6) is 1.70. The fourth-order valence-corrected chi connectivity index (χ4v) is 2.66. The number of aromatic nitrogens is 2. The lowest BCUT2D eigenvalue weighted by molar-refractivity contribution is 0.274. The number of ether oxygens (including phenoxy) is 1. The smallest absolute Gasteiger partial charge is 0.251 e. The fourth-order valence-electron chi connectivity index (χ4n) is 2.66. The van der Waals surface area contributed by atoms with Crippen LogP contribution in [0.15, 0.2) is 35.1 Å². The summed E-state index contributed by atoms with van der Waals surface area (Å²) in [5.41, 5.74) is 1.77. The maximum Gasteiger partial charge on any atom is 0.251 e. The molecule has 0 radical (unpaired) electrons. The molecule has 21 heavy (non-hydrogen) atoms. The van der Waals surface area contributed by atoms with E-state index in [9.17, 15) is 4.79 Å². The Balaban J connectivity index is 1.97. The molecule has 2 aromatic rings. The van der Waals surface area contributed by atoms with E-state index < -0.39 is 0 Å². The third kappa shape index (κ3) is 2.97. The Morgan fingerprint density at radius 1 is 1.43 bits per heavy atom. The summed E-state index contributed by atoms with van der Waals surface area (Å²) in [4.78, 5) is 19.4. The first-order valence-corrected chi connectivity index (χ1v) is 7.30. The van der Waals surface area contributed by atoms with Crippen molar-refractivity contribution in [2.75, 3.05) is 13.2 Å². The van der Waals surface area contributed by atoms with Crippen LogP contribution >= 0.6 is 0 Å². The summed E-state index contributed by atoms with van der Waals surface area (Å²) in [6, 6.07) is 9.50. The largest absolute Gasteiger partial charge is 0.493 e. The third-order valence-electron chi connectivity index (χ3n) is 3.66. The molecule has 1 aromatic heterocycles. The first-order chi connectivity index (χ1) is 10.3. The van der Waals surface area contributed by atoms with E-state index in [1.54, 1.807) is 6.07 Å². The zero-order valence-corrected chi connectivity index (χ0v) is 12.1. The van der Waals surface area contributed by atoms with Crippen LogP contribution in [-0.2, 0) is 6.54 Å². The van der Waals surface area contributed by atoms with Gasteiger partial charge < -0.3 is 15.0 Å². The van der Waals surface area contributed by atoms with Gasteiger partial charge in [0, 0.05) is 24.1 Å². The van der Waals surface area contributed by atoms with Crippen LogP contribution in [0.5, 0.6) is 5.75 Å². The maximum absolute atomic E-state index is 11.9. The van der Waals surface area contributed by atoms with Crippen molar-refractivity contribution in [2.24, 2.45) is 0 Å². The second-order valence-corrected chi connectivity index (χ2v) is 5.13. The number of hydrogen-bond donors (Lipinski definition) is 2. The topological polar surface area (TPSA) is 67.0 Å². The van der Waals surface area contributed by atoms with Crippen molar-refractivity contribution in [1.82, 2.24) is 15.3 Å². The van der Waals surface area contributed by atoms with Gasteiger partial charge in [-0.25, -0.2) is 4.98 Å². The van der Waals surface area contributed by atoms with Gasteiger partial charge in [-0.2, -0.15) is 0 Å². The van der Waals surface area contributed by atoms with E-state index in [4.69, 9.17) is 4.74 Å². The zero-order valence-electron chi connectivity index (χ0n) is 12.1. The van der Waals surface area contributed by atoms with E-state index >= 15 is 0 Å². The predicted molar refractivity (Wildman–Crippen MR) is 80.6 cm³/mol. The molecule has 0 spiro atoms. The van der Waals surface area contributed by atoms with Gasteiger partial charge in [0.15, 0.2) is 0 Å². The number of para-hydroxylation sites is 1. The molecule has 1 aliphatic rings. The molecule has 5 heteroatoms. The van der Waals surface area contributed by atoms with E-state index in [1.807, 2.05) is 31.2 Å². The summed E-state index contributed by atoms with van der Waals surface area (Å²) in [5, 5.41) is 3.20. The highest BCUT2D eigenvalue weighted by Gasteiger charge is 2.24. The van der Waals surface area contributed by atoms with Crippen molar-refractivity contribution in [1.29, 1.82) is 0 Å². The second-order valence-electron chi connectivity index (χ2n) is 5.13. The van der Waals surface area contributed by atoms with Crippen LogP contribution in [0.1, 0.15) is 36.3 Å². The lowest BCUT2D eigenvalue weighted by Gasteiger charge is -2.25. The number of nitrogens with zero attached hydrogens (tertiary/aromatic N) is 1. The van der Waals surface area contributed by atoms with Gasteiger partial charge in [-0.3, -0.25) is 4.79 Å². The van der Waals surface area contributed by atoms with Crippen molar-refractivity contribution >= 4 is 0 Å². The summed E-state index contributed by atoms with van der Waals surface area (Å²) >= 11 is 0. The van der Waals surface area contributed by atoms with Crippen LogP contribution in [0.4, 0.5) is 0 Å². The molecule has 2 heterocycles. The standard InChI is InChI=1S/C16H19N3O2/c1-2-17-10-11-9-15(20)19-16(18-11)13-7-8-21-14-6-4-3-5-12(13)14/h3-6,9,13,17H,2,7-8,10H2,1H3,(H,18,19,20). The molecular weight excluding hydrogens is 266 g/mol. The van der Waals surface area contributed by atoms with Gasteiger partial charge >= 0.3 is 0 Å². The minimum absolute atomic E-state index is 0.0872. The summed E-state index contributed by atoms with van der Waals surface area (Å²) in [7, 11) is 0. The number of H-pyrrole nitrogens is 1. The van der Waals surface area contributed by atoms with Crippen LogP contribution in [-0.4, -0.2) is 23.1 Å². The van der Waals surface area contributed by atoms with E-state index in [2.05, 4.69) is 15.3 Å². The van der Waals surface area contributed by atoms with Gasteiger partial charge in [-0.05, 0) is 19.0 Å². The molecule has 1 aliphatic heterocycles. The lowest BCUT2D eigenvalue weighted by Crippen LogP contribution is -2.23. The van der Waals surface area contributed by atoms with Gasteiger partial charge in [0.2, 0.25) is 0 Å². The van der Waals surface area contributed by atoms with Crippen molar-refractivity contribution in [3.63, 3.8) is 0 Å². The number of rotatable bonds is 4. The Morgan fingerprint density at radius 2 is 2.29 bits per heavy atom.